The average molecular weight is 329 g/mol. The molecule has 21 heavy (non-hydrogen) atoms. The zero-order chi connectivity index (χ0) is 15.2. The number of thioether (sulfide) groups is 1. The minimum atomic E-state index is -0.293. The van der Waals surface area contributed by atoms with E-state index in [1.54, 1.807) is 17.8 Å². The molecule has 0 radical (unpaired) electrons. The monoisotopic (exact) mass is 328 g/mol. The number of amides is 2. The maximum atomic E-state index is 11.9. The number of hydrogen-bond acceptors (Lipinski definition) is 3. The Bertz CT molecular complexity index is 499. The highest BCUT2D eigenvalue weighted by Crippen LogP contribution is 2.26. The molecule has 3 N–H and O–H groups in total. The molecule has 4 nitrogen and oxygen atoms in total. The molecule has 2 amide bonds. The van der Waals surface area contributed by atoms with Gasteiger partial charge in [-0.05, 0) is 36.8 Å². The van der Waals surface area contributed by atoms with Crippen molar-refractivity contribution in [1.29, 1.82) is 0 Å². The molecule has 6 heteroatoms. The van der Waals surface area contributed by atoms with Crippen LogP contribution in [0.25, 0.3) is 0 Å². The fourth-order valence-corrected chi connectivity index (χ4v) is 3.25. The molecule has 1 fully saturated rings. The lowest BCUT2D eigenvalue weighted by molar-refractivity contribution is 0.133. The summed E-state index contributed by atoms with van der Waals surface area (Å²) in [6, 6.07) is 5.36. The van der Waals surface area contributed by atoms with E-state index in [0.717, 1.165) is 30.6 Å². The van der Waals surface area contributed by atoms with Gasteiger partial charge in [0.05, 0.1) is 16.8 Å². The largest absolute Gasteiger partial charge is 0.393 e. The van der Waals surface area contributed by atoms with E-state index in [1.807, 2.05) is 18.4 Å². The van der Waals surface area contributed by atoms with Gasteiger partial charge in [0.15, 0.2) is 0 Å². The van der Waals surface area contributed by atoms with E-state index < -0.39 is 0 Å². The number of hydrogen-bond donors (Lipinski definition) is 3. The van der Waals surface area contributed by atoms with Crippen molar-refractivity contribution in [3.63, 3.8) is 0 Å². The van der Waals surface area contributed by atoms with Crippen LogP contribution in [0.1, 0.15) is 24.8 Å². The van der Waals surface area contributed by atoms with Gasteiger partial charge in [-0.3, -0.25) is 0 Å². The van der Waals surface area contributed by atoms with E-state index in [2.05, 4.69) is 10.6 Å². The fraction of sp³-hybridized carbons (Fsp3) is 0.533. The number of benzene rings is 1. The third-order valence-corrected chi connectivity index (χ3v) is 4.69. The van der Waals surface area contributed by atoms with Crippen LogP contribution in [0, 0.1) is 5.92 Å². The Morgan fingerprint density at radius 3 is 2.95 bits per heavy atom. The molecule has 1 saturated carbocycles. The highest BCUT2D eigenvalue weighted by atomic mass is 35.5. The molecule has 0 unspecified atom stereocenters. The summed E-state index contributed by atoms with van der Waals surface area (Å²) in [4.78, 5) is 11.9. The van der Waals surface area contributed by atoms with E-state index in [9.17, 15) is 9.90 Å². The van der Waals surface area contributed by atoms with Gasteiger partial charge in [-0.15, -0.1) is 0 Å². The van der Waals surface area contributed by atoms with Gasteiger partial charge in [-0.2, -0.15) is 11.8 Å². The molecule has 0 aromatic heterocycles. The Balaban J connectivity index is 1.88. The van der Waals surface area contributed by atoms with E-state index in [4.69, 9.17) is 11.6 Å². The maximum absolute atomic E-state index is 11.9. The van der Waals surface area contributed by atoms with E-state index in [-0.39, 0.29) is 18.1 Å². The van der Waals surface area contributed by atoms with Gasteiger partial charge in [-0.25, -0.2) is 4.79 Å². The number of anilines is 1. The molecular formula is C15H21ClN2O2S. The van der Waals surface area contributed by atoms with Crippen molar-refractivity contribution in [2.24, 2.45) is 5.92 Å². The lowest BCUT2D eigenvalue weighted by Gasteiger charge is -2.16. The van der Waals surface area contributed by atoms with Gasteiger partial charge in [0.1, 0.15) is 0 Å². The highest BCUT2D eigenvalue weighted by molar-refractivity contribution is 7.97. The number of aliphatic hydroxyl groups is 1. The second-order valence-electron chi connectivity index (χ2n) is 5.34. The maximum Gasteiger partial charge on any atom is 0.319 e. The number of carbonyl (C=O) groups is 1. The Hall–Kier alpha value is -0.910. The molecule has 0 heterocycles. The summed E-state index contributed by atoms with van der Waals surface area (Å²) in [7, 11) is 0. The van der Waals surface area contributed by atoms with Crippen molar-refractivity contribution < 1.29 is 9.90 Å². The molecule has 1 aliphatic carbocycles. The normalized spacial score (nSPS) is 21.3. The summed E-state index contributed by atoms with van der Waals surface area (Å²) in [5, 5.41) is 15.8. The van der Waals surface area contributed by atoms with Crippen molar-refractivity contribution in [3.05, 3.63) is 28.8 Å². The summed E-state index contributed by atoms with van der Waals surface area (Å²) < 4.78 is 0. The molecule has 2 atom stereocenters. The summed E-state index contributed by atoms with van der Waals surface area (Å²) in [6.45, 7) is 0.495. The van der Waals surface area contributed by atoms with Crippen LogP contribution in [-0.2, 0) is 5.75 Å². The quantitative estimate of drug-likeness (QED) is 0.775. The van der Waals surface area contributed by atoms with E-state index >= 15 is 0 Å². The van der Waals surface area contributed by atoms with E-state index in [1.165, 1.54) is 0 Å². The number of halogens is 1. The zero-order valence-electron chi connectivity index (χ0n) is 12.1. The third kappa shape index (κ3) is 4.80. The molecule has 1 aromatic rings. The van der Waals surface area contributed by atoms with Crippen LogP contribution >= 0.6 is 23.4 Å². The highest BCUT2D eigenvalue weighted by Gasteiger charge is 2.25. The second kappa shape index (κ2) is 7.92. The summed E-state index contributed by atoms with van der Waals surface area (Å²) in [6.07, 6.45) is 4.56. The molecule has 1 aromatic carbocycles. The van der Waals surface area contributed by atoms with Crippen LogP contribution in [0.2, 0.25) is 5.02 Å². The van der Waals surface area contributed by atoms with Crippen molar-refractivity contribution in [1.82, 2.24) is 5.32 Å². The lowest BCUT2D eigenvalue weighted by atomic mass is 10.1. The predicted octanol–water partition coefficient (Wildman–Crippen LogP) is 3.49. The van der Waals surface area contributed by atoms with Crippen LogP contribution in [0.3, 0.4) is 0 Å². The minimum Gasteiger partial charge on any atom is -0.393 e. The predicted molar refractivity (Wildman–Crippen MR) is 89.0 cm³/mol. The van der Waals surface area contributed by atoms with Crippen molar-refractivity contribution in [2.45, 2.75) is 31.1 Å². The smallest absolute Gasteiger partial charge is 0.319 e. The number of carbonyl (C=O) groups excluding carboxylic acids is 1. The lowest BCUT2D eigenvalue weighted by Crippen LogP contribution is -2.35. The molecule has 2 rings (SSSR count). The minimum absolute atomic E-state index is 0.161. The first kappa shape index (κ1) is 16.5. The summed E-state index contributed by atoms with van der Waals surface area (Å²) in [5.41, 5.74) is 1.74. The Morgan fingerprint density at radius 2 is 2.29 bits per heavy atom. The molecule has 0 aliphatic heterocycles. The first-order chi connectivity index (χ1) is 10.1. The van der Waals surface area contributed by atoms with Gasteiger partial charge in [0, 0.05) is 18.2 Å². The standard InChI is InChI=1S/C15H21ClN2O2S/c1-21-9-10-5-6-12(16)13(7-10)18-15(20)17-8-11-3-2-4-14(11)19/h5-7,11,14,19H,2-4,8-9H2,1H3,(H2,17,18,20)/t11-,14-/m0/s1. The Kier molecular flexibility index (Phi) is 6.21. The Morgan fingerprint density at radius 1 is 1.48 bits per heavy atom. The number of aliphatic hydroxyl groups excluding tert-OH is 1. The Labute approximate surface area is 134 Å². The first-order valence-electron chi connectivity index (χ1n) is 7.10. The van der Waals surface area contributed by atoms with Crippen LogP contribution in [0.15, 0.2) is 18.2 Å². The van der Waals surface area contributed by atoms with E-state index in [0.29, 0.717) is 17.3 Å². The first-order valence-corrected chi connectivity index (χ1v) is 8.87. The van der Waals surface area contributed by atoms with Gasteiger partial charge in [0.25, 0.3) is 0 Å². The van der Waals surface area contributed by atoms with Gasteiger partial charge < -0.3 is 15.7 Å². The zero-order valence-corrected chi connectivity index (χ0v) is 13.6. The van der Waals surface area contributed by atoms with Gasteiger partial charge >= 0.3 is 6.03 Å². The summed E-state index contributed by atoms with van der Waals surface area (Å²) >= 11 is 7.82. The fourth-order valence-electron chi connectivity index (χ4n) is 2.57. The molecule has 0 spiro atoms. The number of nitrogens with one attached hydrogen (secondary N) is 2. The molecule has 0 bridgehead atoms. The van der Waals surface area contributed by atoms with Gasteiger partial charge in [-0.1, -0.05) is 24.1 Å². The van der Waals surface area contributed by atoms with Crippen molar-refractivity contribution in [2.75, 3.05) is 18.1 Å². The van der Waals surface area contributed by atoms with Crippen molar-refractivity contribution in [3.8, 4) is 0 Å². The molecule has 0 saturated heterocycles. The van der Waals surface area contributed by atoms with Crippen molar-refractivity contribution >= 4 is 35.1 Å². The van der Waals surface area contributed by atoms with Crippen LogP contribution in [0.4, 0.5) is 10.5 Å². The number of rotatable bonds is 5. The third-order valence-electron chi connectivity index (χ3n) is 3.73. The number of urea groups is 1. The van der Waals surface area contributed by atoms with Crippen LogP contribution in [0.5, 0.6) is 0 Å². The molecular weight excluding hydrogens is 308 g/mol. The molecule has 116 valence electrons. The average Bonchev–Trinajstić information content (AvgIpc) is 2.86. The van der Waals surface area contributed by atoms with Gasteiger partial charge in [0.2, 0.25) is 0 Å². The van der Waals surface area contributed by atoms with Crippen LogP contribution < -0.4 is 10.6 Å². The van der Waals surface area contributed by atoms with Crippen LogP contribution in [-0.4, -0.2) is 30.0 Å². The molecule has 1 aliphatic rings. The second-order valence-corrected chi connectivity index (χ2v) is 6.61. The topological polar surface area (TPSA) is 61.4 Å². The summed E-state index contributed by atoms with van der Waals surface area (Å²) in [5.74, 6) is 1.04. The SMILES string of the molecule is CSCc1ccc(Cl)c(NC(=O)NC[C@@H]2CCC[C@@H]2O)c1.